The lowest BCUT2D eigenvalue weighted by molar-refractivity contribution is 0.0635. The molecule has 0 aliphatic rings. The van der Waals surface area contributed by atoms with E-state index < -0.39 is 17.6 Å². The molecule has 162 valence electrons. The maximum Gasteiger partial charge on any atom is 0.412 e. The highest BCUT2D eigenvalue weighted by Gasteiger charge is 2.18. The highest BCUT2D eigenvalue weighted by molar-refractivity contribution is 6.32. The topological polar surface area (TPSA) is 119 Å². The Labute approximate surface area is 185 Å². The van der Waals surface area contributed by atoms with Gasteiger partial charge in [-0.15, -0.1) is 0 Å². The molecular formula is C22H24ClN5O3. The minimum Gasteiger partial charge on any atom is -0.444 e. The number of ether oxygens (including phenoxy) is 1. The molecule has 0 aliphatic carbocycles. The van der Waals surface area contributed by atoms with Crippen LogP contribution in [-0.4, -0.2) is 27.6 Å². The molecule has 31 heavy (non-hydrogen) atoms. The van der Waals surface area contributed by atoms with Crippen LogP contribution in [-0.2, 0) is 4.74 Å². The zero-order valence-electron chi connectivity index (χ0n) is 17.7. The van der Waals surface area contributed by atoms with Crippen LogP contribution in [0.5, 0.6) is 0 Å². The van der Waals surface area contributed by atoms with Crippen LogP contribution in [0.3, 0.4) is 0 Å². The summed E-state index contributed by atoms with van der Waals surface area (Å²) in [7, 11) is 0. The van der Waals surface area contributed by atoms with Gasteiger partial charge in [-0.05, 0) is 57.5 Å². The summed E-state index contributed by atoms with van der Waals surface area (Å²) in [6.07, 6.45) is 0.832. The fourth-order valence-electron chi connectivity index (χ4n) is 3.03. The fourth-order valence-corrected chi connectivity index (χ4v) is 3.25. The smallest absolute Gasteiger partial charge is 0.412 e. The summed E-state index contributed by atoms with van der Waals surface area (Å²) in [6.45, 7) is 7.35. The van der Waals surface area contributed by atoms with E-state index in [0.717, 1.165) is 5.56 Å². The van der Waals surface area contributed by atoms with E-state index in [1.54, 1.807) is 32.9 Å². The number of anilines is 2. The van der Waals surface area contributed by atoms with Crippen molar-refractivity contribution in [1.82, 2.24) is 9.97 Å². The van der Waals surface area contributed by atoms with Crippen molar-refractivity contribution in [3.05, 3.63) is 58.9 Å². The van der Waals surface area contributed by atoms with Gasteiger partial charge in [-0.1, -0.05) is 23.7 Å². The van der Waals surface area contributed by atoms with Crippen molar-refractivity contribution < 1.29 is 14.3 Å². The minimum atomic E-state index is -0.619. The molecule has 4 N–H and O–H groups in total. The average Bonchev–Trinajstić information content (AvgIpc) is 2.66. The molecule has 0 saturated heterocycles. The van der Waals surface area contributed by atoms with Gasteiger partial charge in [-0.3, -0.25) is 10.1 Å². The van der Waals surface area contributed by atoms with Gasteiger partial charge < -0.3 is 15.8 Å². The van der Waals surface area contributed by atoms with Crippen molar-refractivity contribution >= 4 is 46.0 Å². The number of carbonyl (C=O) groups is 2. The third-order valence-electron chi connectivity index (χ3n) is 4.35. The molecule has 1 aromatic heterocycles. The lowest BCUT2D eigenvalue weighted by atomic mass is 10.1. The largest absolute Gasteiger partial charge is 0.444 e. The van der Waals surface area contributed by atoms with E-state index in [9.17, 15) is 9.59 Å². The predicted octanol–water partition coefficient (Wildman–Crippen LogP) is 4.90. The van der Waals surface area contributed by atoms with Gasteiger partial charge in [0.2, 0.25) is 0 Å². The lowest BCUT2D eigenvalue weighted by Gasteiger charge is -2.20. The Balaban J connectivity index is 1.85. The summed E-state index contributed by atoms with van der Waals surface area (Å²) in [4.78, 5) is 32.3. The lowest BCUT2D eigenvalue weighted by Crippen LogP contribution is -2.27. The van der Waals surface area contributed by atoms with Gasteiger partial charge in [0, 0.05) is 16.1 Å². The summed E-state index contributed by atoms with van der Waals surface area (Å²) in [5.74, 6) is -0.112. The Bertz CT molecular complexity index is 1140. The van der Waals surface area contributed by atoms with Crippen LogP contribution < -0.4 is 16.4 Å². The molecular weight excluding hydrogens is 418 g/mol. The molecule has 1 unspecified atom stereocenters. The van der Waals surface area contributed by atoms with E-state index in [1.165, 1.54) is 12.4 Å². The number of nitrogens with zero attached hydrogens (tertiary/aromatic N) is 2. The number of benzene rings is 2. The second kappa shape index (κ2) is 8.77. The first-order chi connectivity index (χ1) is 14.5. The number of nitrogens with two attached hydrogens (primary N) is 1. The van der Waals surface area contributed by atoms with E-state index in [-0.39, 0.29) is 11.6 Å². The SMILES string of the molecule is CC(Nc1ncnc2c(C(N)=O)cc(Cl)cc12)c1cccc(NC(=O)OC(C)(C)C)c1. The molecule has 3 rings (SSSR count). The van der Waals surface area contributed by atoms with Crippen molar-refractivity contribution in [1.29, 1.82) is 0 Å². The first-order valence-electron chi connectivity index (χ1n) is 9.64. The third-order valence-corrected chi connectivity index (χ3v) is 4.57. The Hall–Kier alpha value is -3.39. The second-order valence-electron chi connectivity index (χ2n) is 8.05. The van der Waals surface area contributed by atoms with E-state index >= 15 is 0 Å². The number of amides is 2. The molecule has 0 spiro atoms. The Kier molecular flexibility index (Phi) is 6.31. The van der Waals surface area contributed by atoms with Gasteiger partial charge >= 0.3 is 6.09 Å². The summed E-state index contributed by atoms with van der Waals surface area (Å²) >= 11 is 6.17. The molecule has 0 aliphatic heterocycles. The van der Waals surface area contributed by atoms with Gasteiger partial charge in [0.1, 0.15) is 17.7 Å². The third kappa shape index (κ3) is 5.61. The molecule has 0 radical (unpaired) electrons. The van der Waals surface area contributed by atoms with Crippen LogP contribution in [0, 0.1) is 0 Å². The predicted molar refractivity (Wildman–Crippen MR) is 121 cm³/mol. The molecule has 1 atom stereocenters. The van der Waals surface area contributed by atoms with Gasteiger partial charge in [0.25, 0.3) is 5.91 Å². The Morgan fingerprint density at radius 1 is 1.16 bits per heavy atom. The maximum atomic E-state index is 12.0. The molecule has 9 heteroatoms. The number of hydrogen-bond donors (Lipinski definition) is 3. The summed E-state index contributed by atoms with van der Waals surface area (Å²) in [5, 5.41) is 6.98. The molecule has 0 fully saturated rings. The van der Waals surface area contributed by atoms with Crippen molar-refractivity contribution in [2.24, 2.45) is 5.73 Å². The number of hydrogen-bond acceptors (Lipinski definition) is 6. The number of primary amides is 1. The number of rotatable bonds is 5. The average molecular weight is 442 g/mol. The second-order valence-corrected chi connectivity index (χ2v) is 8.49. The fraction of sp³-hybridized carbons (Fsp3) is 0.273. The quantitative estimate of drug-likeness (QED) is 0.517. The van der Waals surface area contributed by atoms with Gasteiger partial charge in [-0.2, -0.15) is 0 Å². The molecule has 3 aromatic rings. The number of aromatic nitrogens is 2. The highest BCUT2D eigenvalue weighted by atomic mass is 35.5. The van der Waals surface area contributed by atoms with E-state index in [4.69, 9.17) is 22.1 Å². The van der Waals surface area contributed by atoms with E-state index in [0.29, 0.717) is 27.4 Å². The summed E-state index contributed by atoms with van der Waals surface area (Å²) in [5.41, 5.74) is 7.02. The van der Waals surface area contributed by atoms with Crippen LogP contribution in [0.15, 0.2) is 42.7 Å². The van der Waals surface area contributed by atoms with Crippen molar-refractivity contribution in [3.63, 3.8) is 0 Å². The standard InChI is InChI=1S/C22H24ClN5O3/c1-12(13-6-5-7-15(8-13)28-21(30)31-22(2,3)4)27-20-17-10-14(23)9-16(19(24)29)18(17)25-11-26-20/h5-12H,1-4H3,(H2,24,29)(H,28,30)(H,25,26,27). The summed E-state index contributed by atoms with van der Waals surface area (Å²) in [6, 6.07) is 10.3. The highest BCUT2D eigenvalue weighted by Crippen LogP contribution is 2.29. The first-order valence-corrected chi connectivity index (χ1v) is 10.0. The maximum absolute atomic E-state index is 12.0. The van der Waals surface area contributed by atoms with Crippen molar-refractivity contribution in [3.8, 4) is 0 Å². The molecule has 0 saturated carbocycles. The molecule has 2 aromatic carbocycles. The van der Waals surface area contributed by atoms with Crippen molar-refractivity contribution in [2.45, 2.75) is 39.3 Å². The zero-order valence-corrected chi connectivity index (χ0v) is 18.4. The normalized spacial score (nSPS) is 12.3. The van der Waals surface area contributed by atoms with Crippen LogP contribution in [0.2, 0.25) is 5.02 Å². The number of carbonyl (C=O) groups excluding carboxylic acids is 2. The molecule has 8 nitrogen and oxygen atoms in total. The van der Waals surface area contributed by atoms with Crippen LogP contribution in [0.1, 0.15) is 49.7 Å². The first kappa shape index (κ1) is 22.3. The van der Waals surface area contributed by atoms with Crippen LogP contribution >= 0.6 is 11.6 Å². The van der Waals surface area contributed by atoms with E-state index in [2.05, 4.69) is 20.6 Å². The number of nitrogens with one attached hydrogen (secondary N) is 2. The van der Waals surface area contributed by atoms with Crippen LogP contribution in [0.25, 0.3) is 10.9 Å². The Morgan fingerprint density at radius 3 is 2.58 bits per heavy atom. The molecule has 1 heterocycles. The van der Waals surface area contributed by atoms with Crippen LogP contribution in [0.4, 0.5) is 16.3 Å². The number of halogens is 1. The Morgan fingerprint density at radius 2 is 1.90 bits per heavy atom. The van der Waals surface area contributed by atoms with E-state index in [1.807, 2.05) is 25.1 Å². The summed E-state index contributed by atoms with van der Waals surface area (Å²) < 4.78 is 5.29. The monoisotopic (exact) mass is 441 g/mol. The van der Waals surface area contributed by atoms with Crippen molar-refractivity contribution in [2.75, 3.05) is 10.6 Å². The van der Waals surface area contributed by atoms with Gasteiger partial charge in [0.15, 0.2) is 0 Å². The molecule has 2 amide bonds. The molecule has 0 bridgehead atoms. The zero-order chi connectivity index (χ0) is 22.8. The van der Waals surface area contributed by atoms with Gasteiger partial charge in [0.05, 0.1) is 17.1 Å². The minimum absolute atomic E-state index is 0.186. The van der Waals surface area contributed by atoms with Gasteiger partial charge in [-0.25, -0.2) is 14.8 Å². The number of fused-ring (bicyclic) bond motifs is 1.